The molecule has 17 heavy (non-hydrogen) atoms. The van der Waals surface area contributed by atoms with Gasteiger partial charge in [-0.2, -0.15) is 19.3 Å². The first-order valence-electron chi connectivity index (χ1n) is 7.33. The molecule has 0 bridgehead atoms. The van der Waals surface area contributed by atoms with Crippen molar-refractivity contribution < 1.29 is 40.8 Å². The van der Waals surface area contributed by atoms with Gasteiger partial charge in [0.25, 0.3) is 0 Å². The van der Waals surface area contributed by atoms with E-state index in [0.29, 0.717) is 5.92 Å². The topological polar surface area (TPSA) is 0 Å². The maximum atomic E-state index is 3.99. The minimum atomic E-state index is 0. The van der Waals surface area contributed by atoms with Gasteiger partial charge in [-0.3, -0.25) is 0 Å². The number of hydrogen-bond acceptors (Lipinski definition) is 0. The fourth-order valence-corrected chi connectivity index (χ4v) is 1.47. The van der Waals surface area contributed by atoms with Gasteiger partial charge in [-0.05, 0) is 0 Å². The molecule has 0 amide bonds. The first kappa shape index (κ1) is 23.4. The molecule has 0 aromatic rings. The van der Waals surface area contributed by atoms with Crippen LogP contribution in [0.2, 0.25) is 0 Å². The van der Waals surface area contributed by atoms with E-state index >= 15 is 0 Å². The molecule has 0 saturated carbocycles. The van der Waals surface area contributed by atoms with Crippen LogP contribution in [0.1, 0.15) is 85.5 Å². The Morgan fingerprint density at radius 3 is 1.94 bits per heavy atom. The second-order valence-corrected chi connectivity index (χ2v) is 4.67. The molecule has 0 aliphatic heterocycles. The van der Waals surface area contributed by atoms with Gasteiger partial charge in [0.15, 0.2) is 0 Å². The van der Waals surface area contributed by atoms with Gasteiger partial charge in [0.05, 0.1) is 0 Å². The molecule has 1 unspecified atom stereocenters. The zero-order valence-electron chi connectivity index (χ0n) is 12.7. The standard InChI is InChI=1S/2C8H17.Nd/c1-4-6-7-8(3)5-2;1-3-5-7-8-6-4-2;/h8H,3-7H2,1-2H3;3H,4-8H2,1-2H3;/q2*-1;. The first-order valence-corrected chi connectivity index (χ1v) is 7.33. The van der Waals surface area contributed by atoms with E-state index in [-0.39, 0.29) is 40.8 Å². The van der Waals surface area contributed by atoms with Gasteiger partial charge in [-0.15, -0.1) is 0 Å². The third-order valence-corrected chi connectivity index (χ3v) is 2.89. The van der Waals surface area contributed by atoms with Crippen molar-refractivity contribution >= 4 is 0 Å². The second-order valence-electron chi connectivity index (χ2n) is 4.67. The van der Waals surface area contributed by atoms with Gasteiger partial charge >= 0.3 is 0 Å². The molecule has 0 aliphatic carbocycles. The largest absolute Gasteiger partial charge is 0.340 e. The van der Waals surface area contributed by atoms with Crippen molar-refractivity contribution in [3.05, 3.63) is 13.3 Å². The molecule has 0 heterocycles. The summed E-state index contributed by atoms with van der Waals surface area (Å²) in [4.78, 5) is 0. The third-order valence-electron chi connectivity index (χ3n) is 2.89. The maximum Gasteiger partial charge on any atom is 0 e. The molecule has 1 atom stereocenters. The van der Waals surface area contributed by atoms with Crippen LogP contribution in [-0.4, -0.2) is 0 Å². The summed E-state index contributed by atoms with van der Waals surface area (Å²) in [5, 5.41) is 0. The Kier molecular flexibility index (Phi) is 31.1. The SMILES string of the molecule is C[CH-]CCCCCC.[CH2-]C(CC)CCCC.[Nd]. The summed E-state index contributed by atoms with van der Waals surface area (Å²) in [7, 11) is 0. The van der Waals surface area contributed by atoms with Crippen molar-refractivity contribution in [2.75, 3.05) is 0 Å². The van der Waals surface area contributed by atoms with E-state index in [1.165, 1.54) is 57.8 Å². The Morgan fingerprint density at radius 1 is 0.941 bits per heavy atom. The van der Waals surface area contributed by atoms with E-state index in [1.54, 1.807) is 0 Å². The molecule has 0 saturated heterocycles. The minimum absolute atomic E-state index is 0. The van der Waals surface area contributed by atoms with Crippen LogP contribution >= 0.6 is 0 Å². The van der Waals surface area contributed by atoms with E-state index < -0.39 is 0 Å². The molecule has 0 rings (SSSR count). The van der Waals surface area contributed by atoms with Gasteiger partial charge in [0, 0.05) is 40.8 Å². The van der Waals surface area contributed by atoms with E-state index in [2.05, 4.69) is 41.0 Å². The van der Waals surface area contributed by atoms with E-state index in [1.807, 2.05) is 0 Å². The molecule has 0 N–H and O–H groups in total. The molecule has 0 nitrogen and oxygen atoms in total. The van der Waals surface area contributed by atoms with Gasteiger partial charge in [-0.25, -0.2) is 0 Å². The van der Waals surface area contributed by atoms with Gasteiger partial charge in [0.2, 0.25) is 0 Å². The van der Waals surface area contributed by atoms with Crippen LogP contribution < -0.4 is 0 Å². The van der Waals surface area contributed by atoms with Crippen molar-refractivity contribution in [2.24, 2.45) is 5.92 Å². The van der Waals surface area contributed by atoms with E-state index in [0.717, 1.165) is 0 Å². The average molecular weight is 371 g/mol. The summed E-state index contributed by atoms with van der Waals surface area (Å²) >= 11 is 0. The fourth-order valence-electron chi connectivity index (χ4n) is 1.47. The Hall–Kier alpha value is 1.35. The first-order chi connectivity index (χ1) is 7.72. The van der Waals surface area contributed by atoms with Crippen LogP contribution in [0.3, 0.4) is 0 Å². The maximum absolute atomic E-state index is 3.99. The summed E-state index contributed by atoms with van der Waals surface area (Å²) in [5.74, 6) is 0.704. The fraction of sp³-hybridized carbons (Fsp3) is 0.875. The molecular formula is C16H34Nd-2. The predicted molar refractivity (Wildman–Crippen MR) is 77.4 cm³/mol. The van der Waals surface area contributed by atoms with Gasteiger partial charge in [-0.1, -0.05) is 72.1 Å². The van der Waals surface area contributed by atoms with E-state index in [9.17, 15) is 0 Å². The Morgan fingerprint density at radius 2 is 1.53 bits per heavy atom. The molecule has 104 valence electrons. The molecule has 0 radical (unpaired) electrons. The second kappa shape index (κ2) is 22.5. The van der Waals surface area contributed by atoms with Crippen LogP contribution in [0.15, 0.2) is 0 Å². The summed E-state index contributed by atoms with van der Waals surface area (Å²) in [6.07, 6.45) is 14.3. The molecule has 0 spiro atoms. The zero-order valence-corrected chi connectivity index (χ0v) is 15.9. The molecular weight excluding hydrogens is 336 g/mol. The van der Waals surface area contributed by atoms with Crippen LogP contribution in [0.25, 0.3) is 0 Å². The van der Waals surface area contributed by atoms with Crippen molar-refractivity contribution in [2.45, 2.75) is 85.5 Å². The van der Waals surface area contributed by atoms with E-state index in [4.69, 9.17) is 0 Å². The summed E-state index contributed by atoms with van der Waals surface area (Å²) in [6, 6.07) is 0. The Labute approximate surface area is 144 Å². The van der Waals surface area contributed by atoms with Crippen LogP contribution in [0.5, 0.6) is 0 Å². The summed E-state index contributed by atoms with van der Waals surface area (Å²) in [6.45, 7) is 12.8. The molecule has 0 aliphatic rings. The molecule has 0 aromatic carbocycles. The van der Waals surface area contributed by atoms with Crippen molar-refractivity contribution in [3.63, 3.8) is 0 Å². The normalized spacial score (nSPS) is 11.1. The number of hydrogen-bond donors (Lipinski definition) is 0. The van der Waals surface area contributed by atoms with Crippen molar-refractivity contribution in [3.8, 4) is 0 Å². The quantitative estimate of drug-likeness (QED) is 0.334. The monoisotopic (exact) mass is 368 g/mol. The zero-order chi connectivity index (χ0) is 12.6. The predicted octanol–water partition coefficient (Wildman–Crippen LogP) is 6.22. The number of unbranched alkanes of at least 4 members (excludes halogenated alkanes) is 6. The van der Waals surface area contributed by atoms with Crippen LogP contribution in [-0.2, 0) is 0 Å². The van der Waals surface area contributed by atoms with Gasteiger partial charge < -0.3 is 13.3 Å². The van der Waals surface area contributed by atoms with Gasteiger partial charge in [0.1, 0.15) is 0 Å². The summed E-state index contributed by atoms with van der Waals surface area (Å²) < 4.78 is 0. The number of rotatable bonds is 9. The summed E-state index contributed by atoms with van der Waals surface area (Å²) in [5.41, 5.74) is 0. The van der Waals surface area contributed by atoms with Crippen LogP contribution in [0, 0.1) is 60.1 Å². The Bertz CT molecular complexity index is 95.7. The van der Waals surface area contributed by atoms with Crippen molar-refractivity contribution in [1.82, 2.24) is 0 Å². The van der Waals surface area contributed by atoms with Crippen molar-refractivity contribution in [1.29, 1.82) is 0 Å². The third kappa shape index (κ3) is 26.8. The average Bonchev–Trinajstić information content (AvgIpc) is 2.32. The minimum Gasteiger partial charge on any atom is -0.340 e. The molecule has 0 aromatic heterocycles. The Balaban J connectivity index is -0.000000218. The smallest absolute Gasteiger partial charge is 0 e. The molecule has 0 fully saturated rings. The molecule has 1 heteroatoms. The van der Waals surface area contributed by atoms with Crippen LogP contribution in [0.4, 0.5) is 0 Å².